The lowest BCUT2D eigenvalue weighted by Gasteiger charge is -2.37. The van der Waals surface area contributed by atoms with Crippen LogP contribution in [0.4, 0.5) is 0 Å². The fourth-order valence-electron chi connectivity index (χ4n) is 7.07. The zero-order valence-corrected chi connectivity index (χ0v) is 28.1. The molecule has 7 aromatic rings. The SMILES string of the molecule is C[C@@H](NC(=O)c1nc2cc3c(C4=CN(C)C(=C=O)C=C4)[nH]n(C(c4ccccc4)(c4ccccc4)c4ccccc4)c3cc2n1)c1ccccc1. The summed E-state index contributed by atoms with van der Waals surface area (Å²) >= 11 is 0. The summed E-state index contributed by atoms with van der Waals surface area (Å²) < 4.78 is 2.20. The normalized spacial score (nSPS) is 13.6. The Bertz CT molecular complexity index is 2400. The molecule has 0 unspecified atom stereocenters. The zero-order chi connectivity index (χ0) is 35.0. The number of nitrogens with zero attached hydrogens (tertiary/aromatic N) is 4. The molecule has 0 radical (unpaired) electrons. The van der Waals surface area contributed by atoms with E-state index in [9.17, 15) is 9.59 Å². The molecular formula is C43H34N6O2. The van der Waals surface area contributed by atoms with Crippen molar-refractivity contribution in [1.82, 2.24) is 30.0 Å². The number of amides is 1. The van der Waals surface area contributed by atoms with E-state index < -0.39 is 5.54 Å². The van der Waals surface area contributed by atoms with E-state index in [2.05, 4.69) is 87.9 Å². The molecule has 8 rings (SSSR count). The Kier molecular flexibility index (Phi) is 7.99. The number of carbonyl (C=O) groups is 1. The minimum absolute atomic E-state index is 0.107. The number of H-pyrrole nitrogens is 1. The first kappa shape index (κ1) is 31.5. The second kappa shape index (κ2) is 12.9. The Balaban J connectivity index is 1.39. The average Bonchev–Trinajstić information content (AvgIpc) is 3.77. The highest BCUT2D eigenvalue weighted by Gasteiger charge is 2.40. The van der Waals surface area contributed by atoms with Crippen LogP contribution in [0.1, 0.15) is 51.5 Å². The highest BCUT2D eigenvalue weighted by atomic mass is 16.2. The first-order chi connectivity index (χ1) is 25.0. The van der Waals surface area contributed by atoms with E-state index in [0.29, 0.717) is 16.7 Å². The van der Waals surface area contributed by atoms with Crippen LogP contribution in [-0.4, -0.2) is 43.5 Å². The Morgan fingerprint density at radius 1 is 0.765 bits per heavy atom. The number of likely N-dealkylation sites (N-methyl/N-ethyl adjacent to an activating group) is 1. The van der Waals surface area contributed by atoms with Crippen molar-refractivity contribution in [2.24, 2.45) is 0 Å². The molecular weight excluding hydrogens is 633 g/mol. The van der Waals surface area contributed by atoms with E-state index in [1.807, 2.05) is 92.9 Å². The molecule has 8 heteroatoms. The summed E-state index contributed by atoms with van der Waals surface area (Å²) in [5.74, 6) is 1.77. The van der Waals surface area contributed by atoms with Gasteiger partial charge in [0.15, 0.2) is 5.94 Å². The van der Waals surface area contributed by atoms with Gasteiger partial charge in [-0.25, -0.2) is 14.8 Å². The molecule has 248 valence electrons. The Labute approximate surface area is 295 Å². The summed E-state index contributed by atoms with van der Waals surface area (Å²) in [6, 6.07) is 44.8. The van der Waals surface area contributed by atoms with Gasteiger partial charge in [-0.05, 0) is 53.5 Å². The minimum Gasteiger partial charge on any atom is -0.343 e. The van der Waals surface area contributed by atoms with Crippen LogP contribution in [0.2, 0.25) is 0 Å². The quantitative estimate of drug-likeness (QED) is 0.128. The van der Waals surface area contributed by atoms with E-state index in [1.54, 1.807) is 11.0 Å². The van der Waals surface area contributed by atoms with Crippen LogP contribution in [0.25, 0.3) is 27.5 Å². The number of rotatable bonds is 8. The van der Waals surface area contributed by atoms with Gasteiger partial charge in [-0.3, -0.25) is 14.6 Å². The van der Waals surface area contributed by atoms with Crippen molar-refractivity contribution in [3.05, 3.63) is 191 Å². The molecule has 5 aromatic carbocycles. The molecule has 0 bridgehead atoms. The van der Waals surface area contributed by atoms with E-state index in [1.165, 1.54) is 0 Å². The van der Waals surface area contributed by atoms with Crippen LogP contribution >= 0.6 is 0 Å². The molecule has 3 heterocycles. The maximum atomic E-state index is 13.5. The highest BCUT2D eigenvalue weighted by Crippen LogP contribution is 2.44. The molecule has 0 saturated heterocycles. The first-order valence-corrected chi connectivity index (χ1v) is 16.8. The molecule has 0 fully saturated rings. The lowest BCUT2D eigenvalue weighted by molar-refractivity contribution is 0.0930. The van der Waals surface area contributed by atoms with Gasteiger partial charge in [0.2, 0.25) is 5.82 Å². The van der Waals surface area contributed by atoms with Gasteiger partial charge in [0.1, 0.15) is 11.2 Å². The maximum Gasteiger partial charge on any atom is 0.289 e. The van der Waals surface area contributed by atoms with Crippen molar-refractivity contribution in [3.63, 3.8) is 0 Å². The minimum atomic E-state index is -0.863. The number of benzene rings is 5. The molecule has 0 spiro atoms. The number of hydrogen-bond donors (Lipinski definition) is 2. The van der Waals surface area contributed by atoms with E-state index in [0.717, 1.165) is 44.4 Å². The van der Waals surface area contributed by atoms with Crippen molar-refractivity contribution >= 4 is 39.4 Å². The van der Waals surface area contributed by atoms with Gasteiger partial charge in [-0.2, -0.15) is 0 Å². The molecule has 8 nitrogen and oxygen atoms in total. The topological polar surface area (TPSA) is 95.9 Å². The largest absolute Gasteiger partial charge is 0.343 e. The van der Waals surface area contributed by atoms with Crippen molar-refractivity contribution in [1.29, 1.82) is 0 Å². The van der Waals surface area contributed by atoms with Crippen LogP contribution in [0.3, 0.4) is 0 Å². The molecule has 1 atom stereocenters. The number of fused-ring (bicyclic) bond motifs is 2. The van der Waals surface area contributed by atoms with Crippen LogP contribution < -0.4 is 5.32 Å². The Morgan fingerprint density at radius 2 is 1.29 bits per heavy atom. The first-order valence-electron chi connectivity index (χ1n) is 16.8. The van der Waals surface area contributed by atoms with Gasteiger partial charge in [-0.15, -0.1) is 0 Å². The number of aromatic amines is 1. The smallest absolute Gasteiger partial charge is 0.289 e. The molecule has 1 amide bonds. The van der Waals surface area contributed by atoms with E-state index >= 15 is 0 Å². The van der Waals surface area contributed by atoms with Crippen molar-refractivity contribution in [2.75, 3.05) is 7.05 Å². The van der Waals surface area contributed by atoms with Gasteiger partial charge >= 0.3 is 0 Å². The number of imidazole rings is 1. The lowest BCUT2D eigenvalue weighted by Crippen LogP contribution is -2.38. The molecule has 2 N–H and O–H groups in total. The fourth-order valence-corrected chi connectivity index (χ4v) is 7.07. The maximum absolute atomic E-state index is 13.5. The summed E-state index contributed by atoms with van der Waals surface area (Å²) in [6.07, 6.45) is 5.58. The molecule has 0 aliphatic carbocycles. The summed E-state index contributed by atoms with van der Waals surface area (Å²) in [5, 5.41) is 7.75. The van der Waals surface area contributed by atoms with E-state index in [4.69, 9.17) is 9.97 Å². The van der Waals surface area contributed by atoms with Gasteiger partial charge in [-0.1, -0.05) is 121 Å². The Morgan fingerprint density at radius 3 is 1.82 bits per heavy atom. The number of nitrogens with one attached hydrogen (secondary N) is 2. The second-order valence-corrected chi connectivity index (χ2v) is 12.7. The van der Waals surface area contributed by atoms with Crippen molar-refractivity contribution in [3.8, 4) is 0 Å². The molecule has 1 aliphatic rings. The number of hydrogen-bond acceptors (Lipinski definition) is 5. The second-order valence-electron chi connectivity index (χ2n) is 12.7. The number of aromatic nitrogens is 4. The van der Waals surface area contributed by atoms with Gasteiger partial charge in [0.25, 0.3) is 5.91 Å². The third kappa shape index (κ3) is 5.44. The van der Waals surface area contributed by atoms with Gasteiger partial charge in [0.05, 0.1) is 28.3 Å². The van der Waals surface area contributed by atoms with Crippen LogP contribution in [0, 0.1) is 0 Å². The third-order valence-corrected chi connectivity index (χ3v) is 9.57. The molecule has 2 aromatic heterocycles. The average molecular weight is 667 g/mol. The molecule has 51 heavy (non-hydrogen) atoms. The van der Waals surface area contributed by atoms with Crippen molar-refractivity contribution in [2.45, 2.75) is 18.5 Å². The highest BCUT2D eigenvalue weighted by molar-refractivity contribution is 6.03. The molecule has 0 saturated carbocycles. The number of allylic oxidation sites excluding steroid dienone is 3. The predicted molar refractivity (Wildman–Crippen MR) is 200 cm³/mol. The van der Waals surface area contributed by atoms with Crippen LogP contribution in [0.15, 0.2) is 158 Å². The van der Waals surface area contributed by atoms with E-state index in [-0.39, 0.29) is 17.8 Å². The van der Waals surface area contributed by atoms with Crippen LogP contribution in [-0.2, 0) is 10.3 Å². The van der Waals surface area contributed by atoms with Gasteiger partial charge < -0.3 is 10.2 Å². The summed E-state index contributed by atoms with van der Waals surface area (Å²) in [7, 11) is 1.83. The summed E-state index contributed by atoms with van der Waals surface area (Å²) in [5.41, 5.74) is 7.41. The standard InChI is InChI=1S/C43H34N6O2/c1-29(30-15-7-3-8-16-30)44-42(51)41-45-37-25-36-39(26-38(37)46-41)49(47-40(36)31-23-24-35(28-50)48(2)27-31)43(32-17-9-4-10-18-32,33-19-11-5-12-20-33)34-21-13-6-14-22-34/h3-27,29,47H,1-2H3,(H,44,51)/t29-/m1/s1. The predicted octanol–water partition coefficient (Wildman–Crippen LogP) is 7.80. The third-order valence-electron chi connectivity index (χ3n) is 9.57. The Hall–Kier alpha value is -6.76. The zero-order valence-electron chi connectivity index (χ0n) is 28.1. The number of carbonyl (C=O) groups excluding carboxylic acids is 2. The molecule has 1 aliphatic heterocycles. The summed E-state index contributed by atoms with van der Waals surface area (Å²) in [4.78, 5) is 36.4. The summed E-state index contributed by atoms with van der Waals surface area (Å²) in [6.45, 7) is 1.94. The lowest BCUT2D eigenvalue weighted by atomic mass is 9.77. The van der Waals surface area contributed by atoms with Crippen molar-refractivity contribution < 1.29 is 9.59 Å². The van der Waals surface area contributed by atoms with Gasteiger partial charge in [0, 0.05) is 24.2 Å². The van der Waals surface area contributed by atoms with Crippen LogP contribution in [0.5, 0.6) is 0 Å². The fraction of sp³-hybridized carbons (Fsp3) is 0.0930. The monoisotopic (exact) mass is 666 g/mol.